The lowest BCUT2D eigenvalue weighted by molar-refractivity contribution is 0.0996. The van der Waals surface area contributed by atoms with Crippen LogP contribution in [0.15, 0.2) is 41.0 Å². The monoisotopic (exact) mass is 401 g/mol. The van der Waals surface area contributed by atoms with E-state index in [1.165, 1.54) is 0 Å². The number of fused-ring (bicyclic) bond motifs is 1. The van der Waals surface area contributed by atoms with Crippen LogP contribution < -0.4 is 10.6 Å². The Labute approximate surface area is 152 Å². The molecule has 7 nitrogen and oxygen atoms in total. The fourth-order valence-electron chi connectivity index (χ4n) is 3.11. The van der Waals surface area contributed by atoms with Crippen molar-refractivity contribution in [3.8, 4) is 5.69 Å². The van der Waals surface area contributed by atoms with Crippen LogP contribution >= 0.6 is 15.9 Å². The molecule has 1 aliphatic heterocycles. The molecule has 0 spiro atoms. The van der Waals surface area contributed by atoms with Crippen LogP contribution in [0.4, 0.5) is 5.82 Å². The standard InChI is InChI=1S/C17H16BrN5O2/c18-10-2-1-3-11(6-10)23-14-7-15(22-5-4-12(24)9-22)20-8-13(14)16(21-23)17(19)25/h1-3,6-8,12,24H,4-5,9H2,(H2,19,25)/t12-/m1/s1. The molecule has 0 radical (unpaired) electrons. The van der Waals surface area contributed by atoms with Crippen LogP contribution in [0, 0.1) is 0 Å². The van der Waals surface area contributed by atoms with Gasteiger partial charge in [0, 0.05) is 29.8 Å². The van der Waals surface area contributed by atoms with Crippen LogP contribution in [0.2, 0.25) is 0 Å². The van der Waals surface area contributed by atoms with Gasteiger partial charge in [0.25, 0.3) is 5.91 Å². The molecule has 4 rings (SSSR count). The smallest absolute Gasteiger partial charge is 0.269 e. The topological polar surface area (TPSA) is 97.3 Å². The van der Waals surface area contributed by atoms with Gasteiger partial charge in [0.1, 0.15) is 5.82 Å². The first-order chi connectivity index (χ1) is 12.0. The Morgan fingerprint density at radius 1 is 1.36 bits per heavy atom. The molecule has 1 atom stereocenters. The van der Waals surface area contributed by atoms with Crippen LogP contribution in [-0.2, 0) is 0 Å². The minimum absolute atomic E-state index is 0.190. The minimum Gasteiger partial charge on any atom is -0.391 e. The fourth-order valence-corrected chi connectivity index (χ4v) is 3.50. The van der Waals surface area contributed by atoms with Gasteiger partial charge in [-0.25, -0.2) is 9.67 Å². The molecule has 1 amide bonds. The molecule has 3 N–H and O–H groups in total. The number of primary amides is 1. The lowest BCUT2D eigenvalue weighted by Gasteiger charge is -2.16. The molecule has 128 valence electrons. The quantitative estimate of drug-likeness (QED) is 0.697. The number of aromatic nitrogens is 3. The lowest BCUT2D eigenvalue weighted by atomic mass is 10.2. The Bertz CT molecular complexity index is 971. The molecule has 3 aromatic rings. The fraction of sp³-hybridized carbons (Fsp3) is 0.235. The average molecular weight is 402 g/mol. The second kappa shape index (κ2) is 6.12. The summed E-state index contributed by atoms with van der Waals surface area (Å²) in [5.74, 6) is 0.154. The summed E-state index contributed by atoms with van der Waals surface area (Å²) in [5, 5.41) is 14.8. The van der Waals surface area contributed by atoms with E-state index in [1.54, 1.807) is 10.9 Å². The van der Waals surface area contributed by atoms with Gasteiger partial charge in [-0.05, 0) is 24.6 Å². The molecular weight excluding hydrogens is 386 g/mol. The number of β-amino-alcohol motifs (C(OH)–C–C–N with tert-alkyl or cyclic N) is 1. The average Bonchev–Trinajstić information content (AvgIpc) is 3.18. The second-order valence-electron chi connectivity index (χ2n) is 6.05. The van der Waals surface area contributed by atoms with Gasteiger partial charge in [0.05, 0.1) is 22.7 Å². The number of hydrogen-bond acceptors (Lipinski definition) is 5. The molecule has 3 heterocycles. The molecule has 1 fully saturated rings. The maximum Gasteiger partial charge on any atom is 0.269 e. The van der Waals surface area contributed by atoms with E-state index < -0.39 is 5.91 Å². The van der Waals surface area contributed by atoms with Gasteiger partial charge >= 0.3 is 0 Å². The number of halogens is 1. The highest BCUT2D eigenvalue weighted by molar-refractivity contribution is 9.10. The zero-order valence-corrected chi connectivity index (χ0v) is 14.8. The number of pyridine rings is 1. The first-order valence-electron chi connectivity index (χ1n) is 7.90. The SMILES string of the molecule is NC(=O)c1nn(-c2cccc(Br)c2)c2cc(N3CC[C@@H](O)C3)ncc12. The number of hydrogen-bond donors (Lipinski definition) is 2. The van der Waals surface area contributed by atoms with Crippen LogP contribution in [0.25, 0.3) is 16.6 Å². The van der Waals surface area contributed by atoms with E-state index >= 15 is 0 Å². The van der Waals surface area contributed by atoms with Crippen molar-refractivity contribution in [2.24, 2.45) is 5.73 Å². The number of rotatable bonds is 3. The zero-order chi connectivity index (χ0) is 17.6. The van der Waals surface area contributed by atoms with Crippen molar-refractivity contribution in [3.05, 3.63) is 46.7 Å². The highest BCUT2D eigenvalue weighted by atomic mass is 79.9. The van der Waals surface area contributed by atoms with E-state index in [4.69, 9.17) is 5.73 Å². The highest BCUT2D eigenvalue weighted by Crippen LogP contribution is 2.27. The molecule has 1 aromatic carbocycles. The second-order valence-corrected chi connectivity index (χ2v) is 6.97. The van der Waals surface area contributed by atoms with Crippen LogP contribution in [0.1, 0.15) is 16.9 Å². The summed E-state index contributed by atoms with van der Waals surface area (Å²) in [6.07, 6.45) is 2.00. The Morgan fingerprint density at radius 2 is 2.20 bits per heavy atom. The number of amides is 1. The van der Waals surface area contributed by atoms with Crippen LogP contribution in [-0.4, -0.2) is 45.0 Å². The van der Waals surface area contributed by atoms with Gasteiger partial charge in [0.15, 0.2) is 5.69 Å². The van der Waals surface area contributed by atoms with E-state index in [1.807, 2.05) is 35.2 Å². The number of anilines is 1. The van der Waals surface area contributed by atoms with Gasteiger partial charge in [-0.15, -0.1) is 0 Å². The van der Waals surface area contributed by atoms with Gasteiger partial charge < -0.3 is 15.7 Å². The molecule has 0 bridgehead atoms. The summed E-state index contributed by atoms with van der Waals surface area (Å²) in [7, 11) is 0. The molecular formula is C17H16BrN5O2. The Hall–Kier alpha value is -2.45. The minimum atomic E-state index is -0.593. The molecule has 0 saturated carbocycles. The lowest BCUT2D eigenvalue weighted by Crippen LogP contribution is -2.22. The van der Waals surface area contributed by atoms with E-state index in [0.29, 0.717) is 11.9 Å². The molecule has 0 unspecified atom stereocenters. The predicted molar refractivity (Wildman–Crippen MR) is 97.9 cm³/mol. The zero-order valence-electron chi connectivity index (χ0n) is 13.3. The van der Waals surface area contributed by atoms with Gasteiger partial charge in [-0.1, -0.05) is 22.0 Å². The van der Waals surface area contributed by atoms with Crippen molar-refractivity contribution >= 4 is 38.6 Å². The van der Waals surface area contributed by atoms with Crippen LogP contribution in [0.3, 0.4) is 0 Å². The third-order valence-corrected chi connectivity index (χ3v) is 4.82. The predicted octanol–water partition coefficient (Wildman–Crippen LogP) is 1.85. The normalized spacial score (nSPS) is 17.4. The Balaban J connectivity index is 1.90. The number of carbonyl (C=O) groups excluding carboxylic acids is 1. The number of carbonyl (C=O) groups is 1. The molecule has 8 heteroatoms. The molecule has 1 aliphatic rings. The van der Waals surface area contributed by atoms with Crippen molar-refractivity contribution in [1.82, 2.24) is 14.8 Å². The first-order valence-corrected chi connectivity index (χ1v) is 8.70. The molecule has 2 aromatic heterocycles. The van der Waals surface area contributed by atoms with Gasteiger partial charge in [-0.3, -0.25) is 4.79 Å². The summed E-state index contributed by atoms with van der Waals surface area (Å²) in [5.41, 5.74) is 7.23. The van der Waals surface area contributed by atoms with E-state index in [-0.39, 0.29) is 11.8 Å². The van der Waals surface area contributed by atoms with Crippen molar-refractivity contribution < 1.29 is 9.90 Å². The highest BCUT2D eigenvalue weighted by Gasteiger charge is 2.23. The maximum atomic E-state index is 11.8. The van der Waals surface area contributed by atoms with Gasteiger partial charge in [0.2, 0.25) is 0 Å². The van der Waals surface area contributed by atoms with E-state index in [2.05, 4.69) is 26.0 Å². The first kappa shape index (κ1) is 16.0. The third kappa shape index (κ3) is 2.87. The molecule has 0 aliphatic carbocycles. The number of aliphatic hydroxyl groups excluding tert-OH is 1. The maximum absolute atomic E-state index is 11.8. The third-order valence-electron chi connectivity index (χ3n) is 4.32. The number of nitrogens with two attached hydrogens (primary N) is 1. The molecule has 1 saturated heterocycles. The molecule has 25 heavy (non-hydrogen) atoms. The van der Waals surface area contributed by atoms with E-state index in [0.717, 1.165) is 34.5 Å². The number of nitrogens with zero attached hydrogens (tertiary/aromatic N) is 4. The van der Waals surface area contributed by atoms with Crippen molar-refractivity contribution in [2.75, 3.05) is 18.0 Å². The summed E-state index contributed by atoms with van der Waals surface area (Å²) < 4.78 is 2.60. The summed E-state index contributed by atoms with van der Waals surface area (Å²) >= 11 is 3.45. The Morgan fingerprint density at radius 3 is 2.88 bits per heavy atom. The summed E-state index contributed by atoms with van der Waals surface area (Å²) in [4.78, 5) is 18.2. The largest absolute Gasteiger partial charge is 0.391 e. The number of aliphatic hydroxyl groups is 1. The summed E-state index contributed by atoms with van der Waals surface area (Å²) in [6.45, 7) is 1.29. The Kier molecular flexibility index (Phi) is 3.93. The van der Waals surface area contributed by atoms with Crippen molar-refractivity contribution in [2.45, 2.75) is 12.5 Å². The van der Waals surface area contributed by atoms with Crippen molar-refractivity contribution in [1.29, 1.82) is 0 Å². The van der Waals surface area contributed by atoms with Crippen molar-refractivity contribution in [3.63, 3.8) is 0 Å². The van der Waals surface area contributed by atoms with Crippen LogP contribution in [0.5, 0.6) is 0 Å². The summed E-state index contributed by atoms with van der Waals surface area (Å²) in [6, 6.07) is 9.52. The van der Waals surface area contributed by atoms with E-state index in [9.17, 15) is 9.90 Å². The van der Waals surface area contributed by atoms with Gasteiger partial charge in [-0.2, -0.15) is 5.10 Å². The number of benzene rings is 1.